The Balaban J connectivity index is 1.46. The molecule has 1 amide bonds. The van der Waals surface area contributed by atoms with Crippen molar-refractivity contribution in [2.45, 2.75) is 19.4 Å². The van der Waals surface area contributed by atoms with E-state index in [9.17, 15) is 9.18 Å². The maximum atomic E-state index is 12.9. The summed E-state index contributed by atoms with van der Waals surface area (Å²) in [6.45, 7) is 1.96. The van der Waals surface area contributed by atoms with Crippen molar-refractivity contribution in [1.29, 1.82) is 0 Å². The van der Waals surface area contributed by atoms with Crippen LogP contribution in [0.4, 0.5) is 4.39 Å². The van der Waals surface area contributed by atoms with Gasteiger partial charge in [0.1, 0.15) is 11.6 Å². The molecule has 1 heterocycles. The predicted molar refractivity (Wildman–Crippen MR) is 92.9 cm³/mol. The number of hydrogen-bond acceptors (Lipinski definition) is 5. The number of ether oxygens (including phenoxy) is 1. The highest BCUT2D eigenvalue weighted by Crippen LogP contribution is 2.15. The number of rotatable bonds is 7. The van der Waals surface area contributed by atoms with Gasteiger partial charge in [-0.05, 0) is 31.2 Å². The van der Waals surface area contributed by atoms with E-state index in [2.05, 4.69) is 15.5 Å². The lowest BCUT2D eigenvalue weighted by Crippen LogP contribution is -2.37. The van der Waals surface area contributed by atoms with E-state index in [1.807, 2.05) is 30.3 Å². The van der Waals surface area contributed by atoms with Crippen molar-refractivity contribution in [1.82, 2.24) is 15.5 Å². The number of carbonyl (C=O) groups is 1. The third kappa shape index (κ3) is 4.66. The Labute approximate surface area is 150 Å². The molecule has 0 aliphatic heterocycles. The summed E-state index contributed by atoms with van der Waals surface area (Å²) in [6.07, 6.45) is -0.294. The molecule has 0 saturated heterocycles. The fourth-order valence-corrected chi connectivity index (χ4v) is 2.27. The van der Waals surface area contributed by atoms with Gasteiger partial charge in [0.05, 0.1) is 0 Å². The molecule has 26 heavy (non-hydrogen) atoms. The summed E-state index contributed by atoms with van der Waals surface area (Å²) in [5.74, 6) is 0.746. The van der Waals surface area contributed by atoms with Gasteiger partial charge in [0.25, 0.3) is 5.91 Å². The topological polar surface area (TPSA) is 77.2 Å². The molecule has 0 radical (unpaired) electrons. The van der Waals surface area contributed by atoms with Crippen LogP contribution in [0.2, 0.25) is 0 Å². The number of nitrogens with one attached hydrogen (secondary N) is 1. The van der Waals surface area contributed by atoms with Crippen molar-refractivity contribution >= 4 is 5.91 Å². The number of nitrogens with zero attached hydrogens (tertiary/aromatic N) is 2. The zero-order valence-corrected chi connectivity index (χ0v) is 14.2. The Kier molecular flexibility index (Phi) is 5.58. The van der Waals surface area contributed by atoms with Crippen LogP contribution in [0.15, 0.2) is 59.1 Å². The Morgan fingerprint density at radius 2 is 1.92 bits per heavy atom. The van der Waals surface area contributed by atoms with Gasteiger partial charge in [0.2, 0.25) is 11.7 Å². The summed E-state index contributed by atoms with van der Waals surface area (Å²) in [7, 11) is 0. The summed E-state index contributed by atoms with van der Waals surface area (Å²) in [5, 5.41) is 6.67. The largest absolute Gasteiger partial charge is 0.481 e. The van der Waals surface area contributed by atoms with Crippen LogP contribution in [0.1, 0.15) is 12.8 Å². The molecule has 1 N–H and O–H groups in total. The van der Waals surface area contributed by atoms with Crippen molar-refractivity contribution in [2.24, 2.45) is 0 Å². The summed E-state index contributed by atoms with van der Waals surface area (Å²) >= 11 is 0. The first-order valence-corrected chi connectivity index (χ1v) is 8.20. The van der Waals surface area contributed by atoms with E-state index in [-0.39, 0.29) is 11.7 Å². The van der Waals surface area contributed by atoms with E-state index in [1.165, 1.54) is 24.3 Å². The second kappa shape index (κ2) is 8.24. The number of benzene rings is 2. The summed E-state index contributed by atoms with van der Waals surface area (Å²) in [5.41, 5.74) is 0.868. The van der Waals surface area contributed by atoms with Gasteiger partial charge in [-0.1, -0.05) is 35.5 Å². The van der Waals surface area contributed by atoms with Crippen LogP contribution in [-0.2, 0) is 11.2 Å². The van der Waals surface area contributed by atoms with E-state index in [0.717, 1.165) is 5.56 Å². The molecule has 0 unspecified atom stereocenters. The van der Waals surface area contributed by atoms with Crippen molar-refractivity contribution in [2.75, 3.05) is 6.54 Å². The Bertz CT molecular complexity index is 850. The second-order valence-corrected chi connectivity index (χ2v) is 5.63. The predicted octanol–water partition coefficient (Wildman–Crippen LogP) is 3.00. The highest BCUT2D eigenvalue weighted by molar-refractivity contribution is 5.80. The van der Waals surface area contributed by atoms with Crippen molar-refractivity contribution < 1.29 is 18.4 Å². The molecule has 0 fully saturated rings. The van der Waals surface area contributed by atoms with Gasteiger partial charge in [0, 0.05) is 18.5 Å². The zero-order chi connectivity index (χ0) is 18.4. The Morgan fingerprint density at radius 1 is 1.19 bits per heavy atom. The highest BCUT2D eigenvalue weighted by atomic mass is 19.1. The van der Waals surface area contributed by atoms with Crippen LogP contribution in [-0.4, -0.2) is 28.7 Å². The maximum absolute atomic E-state index is 12.9. The Hall–Kier alpha value is -3.22. The van der Waals surface area contributed by atoms with E-state index in [1.54, 1.807) is 6.92 Å². The van der Waals surface area contributed by atoms with E-state index < -0.39 is 6.10 Å². The molecular formula is C19H18FN3O3. The minimum atomic E-state index is -0.706. The summed E-state index contributed by atoms with van der Waals surface area (Å²) in [6, 6.07) is 15.0. The molecular weight excluding hydrogens is 337 g/mol. The zero-order valence-electron chi connectivity index (χ0n) is 14.2. The van der Waals surface area contributed by atoms with Crippen LogP contribution in [0.5, 0.6) is 5.75 Å². The number of amides is 1. The third-order valence-electron chi connectivity index (χ3n) is 3.63. The second-order valence-electron chi connectivity index (χ2n) is 5.63. The molecule has 7 heteroatoms. The van der Waals surface area contributed by atoms with Crippen LogP contribution in [0, 0.1) is 5.82 Å². The SMILES string of the molecule is C[C@@H](Oc1ccc(F)cc1)C(=O)NCCc1nc(-c2ccccc2)no1. The lowest BCUT2D eigenvalue weighted by Gasteiger charge is -2.14. The average Bonchev–Trinajstić information content (AvgIpc) is 3.13. The molecule has 134 valence electrons. The van der Waals surface area contributed by atoms with Crippen molar-refractivity contribution in [3.8, 4) is 17.1 Å². The quantitative estimate of drug-likeness (QED) is 0.705. The van der Waals surface area contributed by atoms with Gasteiger partial charge in [-0.3, -0.25) is 4.79 Å². The number of aromatic nitrogens is 2. The minimum absolute atomic E-state index is 0.280. The van der Waals surface area contributed by atoms with E-state index >= 15 is 0 Å². The molecule has 3 aromatic rings. The lowest BCUT2D eigenvalue weighted by molar-refractivity contribution is -0.127. The normalized spacial score (nSPS) is 11.8. The molecule has 1 aromatic heterocycles. The summed E-state index contributed by atoms with van der Waals surface area (Å²) < 4.78 is 23.5. The number of halogens is 1. The fraction of sp³-hybridized carbons (Fsp3) is 0.211. The third-order valence-corrected chi connectivity index (χ3v) is 3.63. The average molecular weight is 355 g/mol. The molecule has 0 bridgehead atoms. The van der Waals surface area contributed by atoms with Gasteiger partial charge in [0.15, 0.2) is 6.10 Å². The van der Waals surface area contributed by atoms with Crippen molar-refractivity contribution in [3.05, 3.63) is 66.3 Å². The molecule has 6 nitrogen and oxygen atoms in total. The fourth-order valence-electron chi connectivity index (χ4n) is 2.27. The Morgan fingerprint density at radius 3 is 2.65 bits per heavy atom. The standard InChI is InChI=1S/C19H18FN3O3/c1-13(25-16-9-7-15(20)8-10-16)19(24)21-12-11-17-22-18(23-26-17)14-5-3-2-4-6-14/h2-10,13H,11-12H2,1H3,(H,21,24)/t13-/m1/s1. The first-order valence-electron chi connectivity index (χ1n) is 8.20. The van der Waals surface area contributed by atoms with Crippen LogP contribution < -0.4 is 10.1 Å². The smallest absolute Gasteiger partial charge is 0.260 e. The molecule has 0 spiro atoms. The van der Waals surface area contributed by atoms with Gasteiger partial charge < -0.3 is 14.6 Å². The molecule has 0 aliphatic rings. The van der Waals surface area contributed by atoms with Crippen LogP contribution in [0.3, 0.4) is 0 Å². The summed E-state index contributed by atoms with van der Waals surface area (Å²) in [4.78, 5) is 16.4. The molecule has 0 aliphatic carbocycles. The van der Waals surface area contributed by atoms with Gasteiger partial charge >= 0.3 is 0 Å². The first-order chi connectivity index (χ1) is 12.6. The van der Waals surface area contributed by atoms with Crippen LogP contribution >= 0.6 is 0 Å². The van der Waals surface area contributed by atoms with E-state index in [4.69, 9.17) is 9.26 Å². The highest BCUT2D eigenvalue weighted by Gasteiger charge is 2.15. The van der Waals surface area contributed by atoms with Crippen molar-refractivity contribution in [3.63, 3.8) is 0 Å². The molecule has 2 aromatic carbocycles. The first kappa shape index (κ1) is 17.6. The molecule has 0 saturated carbocycles. The van der Waals surface area contributed by atoms with Gasteiger partial charge in [-0.2, -0.15) is 4.98 Å². The lowest BCUT2D eigenvalue weighted by atomic mass is 10.2. The number of hydrogen-bond donors (Lipinski definition) is 1. The van der Waals surface area contributed by atoms with Crippen LogP contribution in [0.25, 0.3) is 11.4 Å². The minimum Gasteiger partial charge on any atom is -0.481 e. The monoisotopic (exact) mass is 355 g/mol. The van der Waals surface area contributed by atoms with Gasteiger partial charge in [-0.25, -0.2) is 4.39 Å². The molecule has 3 rings (SSSR count). The number of carbonyl (C=O) groups excluding carboxylic acids is 1. The maximum Gasteiger partial charge on any atom is 0.260 e. The molecule has 1 atom stereocenters. The van der Waals surface area contributed by atoms with Gasteiger partial charge in [-0.15, -0.1) is 0 Å². The van der Waals surface area contributed by atoms with E-state index in [0.29, 0.717) is 30.4 Å².